The molecule has 0 aliphatic carbocycles. The van der Waals surface area contributed by atoms with Crippen LogP contribution in [0.3, 0.4) is 0 Å². The van der Waals surface area contributed by atoms with Crippen molar-refractivity contribution < 1.29 is 17.9 Å². The lowest BCUT2D eigenvalue weighted by atomic mass is 10.0. The molecule has 0 unspecified atom stereocenters. The lowest BCUT2D eigenvalue weighted by Crippen LogP contribution is -2.42. The van der Waals surface area contributed by atoms with Gasteiger partial charge >= 0.3 is 0 Å². The maximum Gasteiger partial charge on any atom is 0.186 e. The average Bonchev–Trinajstić information content (AvgIpc) is 2.99. The van der Waals surface area contributed by atoms with Gasteiger partial charge < -0.3 is 9.47 Å². The molecule has 1 fully saturated rings. The third kappa shape index (κ3) is 1.62. The van der Waals surface area contributed by atoms with E-state index in [1.165, 1.54) is 7.11 Å². The van der Waals surface area contributed by atoms with E-state index in [0.29, 0.717) is 4.90 Å². The van der Waals surface area contributed by atoms with Crippen molar-refractivity contribution >= 4 is 9.84 Å². The molecule has 96 valence electrons. The van der Waals surface area contributed by atoms with Gasteiger partial charge in [-0.3, -0.25) is 0 Å². The van der Waals surface area contributed by atoms with Crippen molar-refractivity contribution in [1.82, 2.24) is 0 Å². The molecule has 5 heteroatoms. The van der Waals surface area contributed by atoms with E-state index >= 15 is 0 Å². The van der Waals surface area contributed by atoms with Crippen LogP contribution in [0.4, 0.5) is 0 Å². The standard InChI is InChI=1S/C13H14O4S/c1-16-12-10-7-8-11(17-10)13(12)18(14,15)9-5-3-2-4-6-9/h2-8,10-13H,1H3/t10-,11+,12-,13-/m0/s1. The highest BCUT2D eigenvalue weighted by molar-refractivity contribution is 7.92. The maximum atomic E-state index is 12.6. The van der Waals surface area contributed by atoms with Gasteiger partial charge in [0, 0.05) is 7.11 Å². The Bertz CT molecular complexity index is 564. The van der Waals surface area contributed by atoms with Gasteiger partial charge in [-0.15, -0.1) is 0 Å². The smallest absolute Gasteiger partial charge is 0.186 e. The molecule has 2 aliphatic rings. The Labute approximate surface area is 106 Å². The largest absolute Gasteiger partial charge is 0.377 e. The molecule has 1 aromatic rings. The summed E-state index contributed by atoms with van der Waals surface area (Å²) in [5.74, 6) is 0. The highest BCUT2D eigenvalue weighted by atomic mass is 32.2. The molecule has 1 saturated heterocycles. The second-order valence-electron chi connectivity index (χ2n) is 4.47. The van der Waals surface area contributed by atoms with Crippen LogP contribution in [0.15, 0.2) is 47.4 Å². The molecule has 4 nitrogen and oxygen atoms in total. The van der Waals surface area contributed by atoms with E-state index < -0.39 is 27.3 Å². The molecule has 1 aromatic carbocycles. The van der Waals surface area contributed by atoms with Crippen LogP contribution in [-0.4, -0.2) is 39.1 Å². The lowest BCUT2D eigenvalue weighted by molar-refractivity contribution is 0.0420. The molecular formula is C13H14O4S. The SMILES string of the molecule is CO[C@@H]1[C@@H](S(=O)(=O)c2ccccc2)[C@H]2C=C[C@@H]1O2. The average molecular weight is 266 g/mol. The number of ether oxygens (including phenoxy) is 2. The molecule has 0 spiro atoms. The summed E-state index contributed by atoms with van der Waals surface area (Å²) in [6.45, 7) is 0. The predicted octanol–water partition coefficient (Wildman–Crippen LogP) is 1.18. The first-order chi connectivity index (χ1) is 8.64. The first-order valence-electron chi connectivity index (χ1n) is 5.80. The number of methoxy groups -OCH3 is 1. The van der Waals surface area contributed by atoms with Gasteiger partial charge in [0.1, 0.15) is 17.5 Å². The van der Waals surface area contributed by atoms with Gasteiger partial charge in [0.25, 0.3) is 0 Å². The highest BCUT2D eigenvalue weighted by Crippen LogP contribution is 2.37. The molecule has 4 atom stereocenters. The number of rotatable bonds is 3. The zero-order chi connectivity index (χ0) is 12.8. The Morgan fingerprint density at radius 1 is 1.11 bits per heavy atom. The molecule has 18 heavy (non-hydrogen) atoms. The summed E-state index contributed by atoms with van der Waals surface area (Å²) in [7, 11) is -1.91. The van der Waals surface area contributed by atoms with E-state index in [4.69, 9.17) is 9.47 Å². The summed E-state index contributed by atoms with van der Waals surface area (Å²) in [5, 5.41) is -0.653. The second-order valence-corrected chi connectivity index (χ2v) is 6.58. The van der Waals surface area contributed by atoms with Gasteiger partial charge in [0.15, 0.2) is 9.84 Å². The fraction of sp³-hybridized carbons (Fsp3) is 0.385. The van der Waals surface area contributed by atoms with E-state index in [1.807, 2.05) is 12.2 Å². The van der Waals surface area contributed by atoms with Crippen LogP contribution in [0.1, 0.15) is 0 Å². The molecule has 3 rings (SSSR count). The molecule has 0 aromatic heterocycles. The zero-order valence-corrected chi connectivity index (χ0v) is 10.7. The molecule has 2 aliphatic heterocycles. The Balaban J connectivity index is 2.02. The second kappa shape index (κ2) is 4.19. The van der Waals surface area contributed by atoms with Crippen LogP contribution in [0, 0.1) is 0 Å². The summed E-state index contributed by atoms with van der Waals surface area (Å²) >= 11 is 0. The molecule has 2 bridgehead atoms. The minimum atomic E-state index is -3.43. The van der Waals surface area contributed by atoms with Crippen LogP contribution in [-0.2, 0) is 19.3 Å². The van der Waals surface area contributed by atoms with Gasteiger partial charge in [-0.05, 0) is 12.1 Å². The predicted molar refractivity (Wildman–Crippen MR) is 66.0 cm³/mol. The Morgan fingerprint density at radius 2 is 1.78 bits per heavy atom. The fourth-order valence-electron chi connectivity index (χ4n) is 2.63. The van der Waals surface area contributed by atoms with E-state index in [9.17, 15) is 8.42 Å². The summed E-state index contributed by atoms with van der Waals surface area (Å²) in [6, 6.07) is 8.46. The van der Waals surface area contributed by atoms with Crippen molar-refractivity contribution in [3.8, 4) is 0 Å². The van der Waals surface area contributed by atoms with Crippen molar-refractivity contribution in [3.63, 3.8) is 0 Å². The van der Waals surface area contributed by atoms with Crippen LogP contribution in [0.5, 0.6) is 0 Å². The highest BCUT2D eigenvalue weighted by Gasteiger charge is 2.53. The molecule has 0 radical (unpaired) electrons. The number of hydrogen-bond donors (Lipinski definition) is 0. The van der Waals surface area contributed by atoms with Gasteiger partial charge in [0.2, 0.25) is 0 Å². The van der Waals surface area contributed by atoms with E-state index in [2.05, 4.69) is 0 Å². The third-order valence-corrected chi connectivity index (χ3v) is 5.66. The van der Waals surface area contributed by atoms with E-state index in [1.54, 1.807) is 30.3 Å². The number of benzene rings is 1. The van der Waals surface area contributed by atoms with Gasteiger partial charge in [-0.25, -0.2) is 8.42 Å². The minimum absolute atomic E-state index is 0.247. The number of hydrogen-bond acceptors (Lipinski definition) is 4. The summed E-state index contributed by atoms with van der Waals surface area (Å²) in [4.78, 5) is 0.321. The quantitative estimate of drug-likeness (QED) is 0.771. The van der Waals surface area contributed by atoms with Crippen LogP contribution in [0.25, 0.3) is 0 Å². The van der Waals surface area contributed by atoms with Crippen molar-refractivity contribution in [2.24, 2.45) is 0 Å². The van der Waals surface area contributed by atoms with E-state index in [0.717, 1.165) is 0 Å². The molecule has 0 N–H and O–H groups in total. The Hall–Kier alpha value is -1.17. The summed E-state index contributed by atoms with van der Waals surface area (Å²) < 4.78 is 36.1. The Kier molecular flexibility index (Phi) is 2.77. The number of fused-ring (bicyclic) bond motifs is 2. The van der Waals surface area contributed by atoms with Gasteiger partial charge in [-0.1, -0.05) is 30.4 Å². The van der Waals surface area contributed by atoms with E-state index in [-0.39, 0.29) is 6.10 Å². The fourth-order valence-corrected chi connectivity index (χ4v) is 4.61. The Morgan fingerprint density at radius 3 is 2.44 bits per heavy atom. The summed E-state index contributed by atoms with van der Waals surface area (Å²) in [5.41, 5.74) is 0. The van der Waals surface area contributed by atoms with Crippen LogP contribution >= 0.6 is 0 Å². The number of sulfone groups is 1. The van der Waals surface area contributed by atoms with Crippen molar-refractivity contribution in [1.29, 1.82) is 0 Å². The minimum Gasteiger partial charge on any atom is -0.377 e. The molecule has 0 saturated carbocycles. The maximum absolute atomic E-state index is 12.6. The summed E-state index contributed by atoms with van der Waals surface area (Å²) in [6.07, 6.45) is 2.61. The van der Waals surface area contributed by atoms with Gasteiger partial charge in [-0.2, -0.15) is 0 Å². The van der Waals surface area contributed by atoms with Crippen molar-refractivity contribution in [2.75, 3.05) is 7.11 Å². The first-order valence-corrected chi connectivity index (χ1v) is 7.35. The molecule has 0 amide bonds. The normalized spacial score (nSPS) is 34.1. The van der Waals surface area contributed by atoms with Crippen LogP contribution < -0.4 is 0 Å². The third-order valence-electron chi connectivity index (χ3n) is 3.48. The molecule has 2 heterocycles. The topological polar surface area (TPSA) is 52.6 Å². The van der Waals surface area contributed by atoms with Crippen molar-refractivity contribution in [2.45, 2.75) is 28.5 Å². The van der Waals surface area contributed by atoms with Crippen molar-refractivity contribution in [3.05, 3.63) is 42.5 Å². The zero-order valence-electron chi connectivity index (χ0n) is 9.89. The monoisotopic (exact) mass is 266 g/mol. The lowest BCUT2D eigenvalue weighted by Gasteiger charge is -2.23. The van der Waals surface area contributed by atoms with Crippen LogP contribution in [0.2, 0.25) is 0 Å². The molecular weight excluding hydrogens is 252 g/mol. The van der Waals surface area contributed by atoms with Gasteiger partial charge in [0.05, 0.1) is 11.0 Å². The first kappa shape index (κ1) is 11.9.